The molecule has 1 aromatic carbocycles. The molecule has 4 heterocycles. The lowest BCUT2D eigenvalue weighted by Crippen LogP contribution is -2.55. The molecule has 0 bridgehead atoms. The topological polar surface area (TPSA) is 111 Å². The quantitative estimate of drug-likeness (QED) is 0.613. The number of nitrogens with one attached hydrogen (secondary N) is 4. The van der Waals surface area contributed by atoms with Crippen molar-refractivity contribution in [3.05, 3.63) is 41.6 Å². The van der Waals surface area contributed by atoms with E-state index in [1.807, 2.05) is 31.2 Å². The highest BCUT2D eigenvalue weighted by Gasteiger charge is 2.60. The second kappa shape index (κ2) is 5.17. The van der Waals surface area contributed by atoms with Gasteiger partial charge < -0.3 is 16.0 Å². The van der Waals surface area contributed by atoms with Crippen LogP contribution in [0.3, 0.4) is 0 Å². The van der Waals surface area contributed by atoms with Crippen LogP contribution in [-0.4, -0.2) is 33.4 Å². The van der Waals surface area contributed by atoms with Crippen molar-refractivity contribution in [2.24, 2.45) is 10.9 Å². The first-order valence-electron chi connectivity index (χ1n) is 8.70. The Morgan fingerprint density at radius 2 is 2.04 bits per heavy atom. The number of nitrogens with zero attached hydrogens (tertiary/aromatic N) is 2. The fourth-order valence-corrected chi connectivity index (χ4v) is 4.42. The van der Waals surface area contributed by atoms with Gasteiger partial charge in [-0.05, 0) is 18.1 Å². The number of hydrogen-bond acceptors (Lipinski definition) is 5. The van der Waals surface area contributed by atoms with Crippen LogP contribution in [0.1, 0.15) is 30.4 Å². The smallest absolute Gasteiger partial charge is 0.237 e. The largest absolute Gasteiger partial charge is 0.342 e. The number of amidine groups is 1. The number of amides is 2. The predicted molar refractivity (Wildman–Crippen MR) is 95.8 cm³/mol. The number of benzene rings is 1. The molecule has 0 spiro atoms. The molecule has 3 atom stereocenters. The molecule has 2 amide bonds. The van der Waals surface area contributed by atoms with Crippen LogP contribution in [0.25, 0.3) is 0 Å². The van der Waals surface area contributed by atoms with Gasteiger partial charge in [-0.1, -0.05) is 25.1 Å². The fraction of sp³-hybridized carbons (Fsp3) is 0.333. The van der Waals surface area contributed by atoms with E-state index in [0.717, 1.165) is 22.6 Å². The van der Waals surface area contributed by atoms with Gasteiger partial charge in [0.2, 0.25) is 11.8 Å². The van der Waals surface area contributed by atoms with Crippen LogP contribution in [0.5, 0.6) is 0 Å². The third kappa shape index (κ3) is 1.84. The molecule has 1 fully saturated rings. The fourth-order valence-electron chi connectivity index (χ4n) is 4.42. The van der Waals surface area contributed by atoms with E-state index in [9.17, 15) is 9.59 Å². The van der Waals surface area contributed by atoms with E-state index in [0.29, 0.717) is 18.8 Å². The number of para-hydroxylation sites is 1. The molecule has 8 heteroatoms. The lowest BCUT2D eigenvalue weighted by molar-refractivity contribution is -0.130. The van der Waals surface area contributed by atoms with Crippen molar-refractivity contribution < 1.29 is 9.59 Å². The number of aromatic nitrogens is 2. The highest BCUT2D eigenvalue weighted by atomic mass is 16.2. The maximum Gasteiger partial charge on any atom is 0.237 e. The zero-order valence-electron chi connectivity index (χ0n) is 14.2. The third-order valence-corrected chi connectivity index (χ3v) is 5.68. The van der Waals surface area contributed by atoms with Crippen molar-refractivity contribution in [2.45, 2.75) is 31.3 Å². The number of hydrogen-bond donors (Lipinski definition) is 4. The number of aliphatic imine (C=N–C) groups is 1. The first kappa shape index (κ1) is 15.1. The van der Waals surface area contributed by atoms with Gasteiger partial charge >= 0.3 is 0 Å². The lowest BCUT2D eigenvalue weighted by Gasteiger charge is -2.40. The van der Waals surface area contributed by atoms with Gasteiger partial charge in [0.1, 0.15) is 23.1 Å². The van der Waals surface area contributed by atoms with Crippen molar-refractivity contribution in [2.75, 3.05) is 10.6 Å². The van der Waals surface area contributed by atoms with E-state index in [1.165, 1.54) is 0 Å². The molecular formula is C18H18N6O2. The Morgan fingerprint density at radius 3 is 2.88 bits per heavy atom. The highest BCUT2D eigenvalue weighted by Crippen LogP contribution is 2.49. The minimum atomic E-state index is -0.766. The Kier molecular flexibility index (Phi) is 3.01. The molecule has 3 aliphatic rings. The highest BCUT2D eigenvalue weighted by molar-refractivity contribution is 6.17. The summed E-state index contributed by atoms with van der Waals surface area (Å²) in [6, 6.07) is 7.65. The zero-order chi connectivity index (χ0) is 17.9. The number of aromatic amines is 1. The minimum Gasteiger partial charge on any atom is -0.342 e. The Hall–Kier alpha value is -3.16. The summed E-state index contributed by atoms with van der Waals surface area (Å²) in [5.41, 5.74) is 1.92. The average molecular weight is 350 g/mol. The van der Waals surface area contributed by atoms with Crippen LogP contribution in [0, 0.1) is 5.92 Å². The number of carbonyl (C=O) groups is 2. The molecule has 3 unspecified atom stereocenters. The molecule has 0 radical (unpaired) electrons. The first-order valence-corrected chi connectivity index (χ1v) is 8.70. The molecular weight excluding hydrogens is 332 g/mol. The Balaban J connectivity index is 1.67. The summed E-state index contributed by atoms with van der Waals surface area (Å²) in [5.74, 6) is -0.154. The van der Waals surface area contributed by atoms with Crippen LogP contribution >= 0.6 is 0 Å². The van der Waals surface area contributed by atoms with Gasteiger partial charge in [0.15, 0.2) is 0 Å². The predicted octanol–water partition coefficient (Wildman–Crippen LogP) is 1.36. The van der Waals surface area contributed by atoms with E-state index >= 15 is 0 Å². The molecule has 0 aliphatic carbocycles. The van der Waals surface area contributed by atoms with Crippen molar-refractivity contribution >= 4 is 29.2 Å². The molecule has 5 rings (SSSR count). The van der Waals surface area contributed by atoms with Crippen LogP contribution in [0.2, 0.25) is 0 Å². The second-order valence-electron chi connectivity index (χ2n) is 6.91. The summed E-state index contributed by atoms with van der Waals surface area (Å²) in [5, 5.41) is 16.2. The summed E-state index contributed by atoms with van der Waals surface area (Å²) < 4.78 is 0. The Labute approximate surface area is 149 Å². The van der Waals surface area contributed by atoms with Crippen molar-refractivity contribution in [1.82, 2.24) is 15.5 Å². The first-order chi connectivity index (χ1) is 12.6. The number of carbonyl (C=O) groups excluding carboxylic acids is 2. The molecule has 26 heavy (non-hydrogen) atoms. The monoisotopic (exact) mass is 350 g/mol. The summed E-state index contributed by atoms with van der Waals surface area (Å²) >= 11 is 0. The minimum absolute atomic E-state index is 0.260. The summed E-state index contributed by atoms with van der Waals surface area (Å²) in [6.07, 6.45) is 2.34. The lowest BCUT2D eigenvalue weighted by atomic mass is 9.70. The van der Waals surface area contributed by atoms with Crippen LogP contribution in [0.4, 0.5) is 11.5 Å². The average Bonchev–Trinajstić information content (AvgIpc) is 3.24. The third-order valence-electron chi connectivity index (χ3n) is 5.68. The SMILES string of the molecule is CCC1(C2=NCc3cn[nH]c3N2)NC(=O)C2C(=O)Nc3ccccc3C21. The normalized spacial score (nSPS) is 28.9. The van der Waals surface area contributed by atoms with E-state index < -0.39 is 11.5 Å². The van der Waals surface area contributed by atoms with Crippen molar-refractivity contribution in [3.63, 3.8) is 0 Å². The maximum absolute atomic E-state index is 12.8. The van der Waals surface area contributed by atoms with Crippen LogP contribution in [0.15, 0.2) is 35.5 Å². The molecule has 132 valence electrons. The van der Waals surface area contributed by atoms with Gasteiger partial charge in [0.05, 0.1) is 12.7 Å². The van der Waals surface area contributed by atoms with E-state index in [1.54, 1.807) is 6.20 Å². The Bertz CT molecular complexity index is 964. The van der Waals surface area contributed by atoms with Gasteiger partial charge in [0, 0.05) is 17.2 Å². The second-order valence-corrected chi connectivity index (χ2v) is 6.91. The standard InChI is InChI=1S/C18H18N6O2/c1-2-18(17-19-7-9-8-20-24-14(9)22-17)13-10-5-3-4-6-11(10)21-15(25)12(13)16(26)23-18/h3-6,8,12-13H,2,7H2,1H3,(H,21,25)(H,23,26)(H2,19,20,22,24). The van der Waals surface area contributed by atoms with Gasteiger partial charge in [-0.2, -0.15) is 5.10 Å². The summed E-state index contributed by atoms with van der Waals surface area (Å²) in [6.45, 7) is 2.49. The molecule has 4 N–H and O–H groups in total. The number of fused-ring (bicyclic) bond motifs is 4. The van der Waals surface area contributed by atoms with Gasteiger partial charge in [-0.15, -0.1) is 0 Å². The summed E-state index contributed by atoms with van der Waals surface area (Å²) in [4.78, 5) is 30.1. The van der Waals surface area contributed by atoms with E-state index in [2.05, 4.69) is 26.1 Å². The van der Waals surface area contributed by atoms with Crippen molar-refractivity contribution in [1.29, 1.82) is 0 Å². The molecule has 3 aliphatic heterocycles. The van der Waals surface area contributed by atoms with E-state index in [-0.39, 0.29) is 17.7 Å². The Morgan fingerprint density at radius 1 is 1.19 bits per heavy atom. The number of anilines is 2. The molecule has 0 saturated carbocycles. The number of rotatable bonds is 2. The zero-order valence-corrected chi connectivity index (χ0v) is 14.2. The van der Waals surface area contributed by atoms with Gasteiger partial charge in [-0.25, -0.2) is 0 Å². The maximum atomic E-state index is 12.8. The molecule has 1 aromatic heterocycles. The van der Waals surface area contributed by atoms with Crippen LogP contribution in [-0.2, 0) is 16.1 Å². The van der Waals surface area contributed by atoms with Crippen molar-refractivity contribution in [3.8, 4) is 0 Å². The molecule has 2 aromatic rings. The van der Waals surface area contributed by atoms with Gasteiger partial charge in [-0.3, -0.25) is 19.7 Å². The van der Waals surface area contributed by atoms with Crippen LogP contribution < -0.4 is 16.0 Å². The van der Waals surface area contributed by atoms with Gasteiger partial charge in [0.25, 0.3) is 0 Å². The summed E-state index contributed by atoms with van der Waals surface area (Å²) in [7, 11) is 0. The molecule has 1 saturated heterocycles. The number of H-pyrrole nitrogens is 1. The van der Waals surface area contributed by atoms with E-state index in [4.69, 9.17) is 4.99 Å². The molecule has 8 nitrogen and oxygen atoms in total.